The second-order valence-corrected chi connectivity index (χ2v) is 9.99. The number of ether oxygens (including phenoxy) is 1. The molecule has 1 heterocycles. The first-order valence-corrected chi connectivity index (χ1v) is 11.3. The van der Waals surface area contributed by atoms with Gasteiger partial charge in [0, 0.05) is 19.7 Å². The monoisotopic (exact) mass is 449 g/mol. The normalized spacial score (nSPS) is 20.7. The second-order valence-electron chi connectivity index (χ2n) is 9.99. The van der Waals surface area contributed by atoms with Crippen LogP contribution in [0.15, 0.2) is 24.3 Å². The standard InChI is InChI=1S/C24H35N3O3.ClH/c1-23(2,25)22(29)26-20(16-30-15-17-7-8-17)21(28)27-13-11-24(12-14-27)10-9-18-5-3-4-6-19(18)24;/h3-6,17,20H,7-16,25H2,1-2H3,(H,26,29);1H. The highest BCUT2D eigenvalue weighted by Crippen LogP contribution is 2.46. The number of likely N-dealkylation sites (tertiary alicyclic amines) is 1. The zero-order chi connectivity index (χ0) is 21.4. The lowest BCUT2D eigenvalue weighted by atomic mass is 9.74. The fraction of sp³-hybridized carbons (Fsp3) is 0.667. The number of nitrogens with zero attached hydrogens (tertiary/aromatic N) is 1. The molecule has 7 heteroatoms. The first-order chi connectivity index (χ1) is 14.3. The van der Waals surface area contributed by atoms with E-state index < -0.39 is 11.6 Å². The molecule has 31 heavy (non-hydrogen) atoms. The minimum absolute atomic E-state index is 0. The number of amides is 2. The molecule has 0 aromatic heterocycles. The molecule has 1 spiro atoms. The summed E-state index contributed by atoms with van der Waals surface area (Å²) in [5.41, 5.74) is 8.04. The predicted octanol–water partition coefficient (Wildman–Crippen LogP) is 2.56. The Labute approximate surface area is 191 Å². The first kappa shape index (κ1) is 24.0. The molecule has 0 bridgehead atoms. The Morgan fingerprint density at radius 2 is 1.90 bits per heavy atom. The lowest BCUT2D eigenvalue weighted by Gasteiger charge is -2.41. The molecule has 6 nitrogen and oxygen atoms in total. The highest BCUT2D eigenvalue weighted by Gasteiger charge is 2.42. The summed E-state index contributed by atoms with van der Waals surface area (Å²) in [5.74, 6) is 0.235. The summed E-state index contributed by atoms with van der Waals surface area (Å²) in [6.07, 6.45) is 6.63. The number of nitrogens with one attached hydrogen (secondary N) is 1. The molecule has 2 fully saturated rings. The molecular weight excluding hydrogens is 414 g/mol. The third-order valence-electron chi connectivity index (χ3n) is 7.02. The number of halogens is 1. The van der Waals surface area contributed by atoms with Gasteiger partial charge in [0.1, 0.15) is 6.04 Å². The highest BCUT2D eigenvalue weighted by atomic mass is 35.5. The van der Waals surface area contributed by atoms with Crippen molar-refractivity contribution >= 4 is 24.2 Å². The first-order valence-electron chi connectivity index (χ1n) is 11.3. The van der Waals surface area contributed by atoms with Crippen molar-refractivity contribution in [1.29, 1.82) is 0 Å². The molecule has 3 aliphatic rings. The van der Waals surface area contributed by atoms with E-state index >= 15 is 0 Å². The summed E-state index contributed by atoms with van der Waals surface area (Å²) in [5, 5.41) is 2.84. The summed E-state index contributed by atoms with van der Waals surface area (Å²) in [7, 11) is 0. The lowest BCUT2D eigenvalue weighted by molar-refractivity contribution is -0.140. The Balaban J connectivity index is 0.00000272. The molecule has 3 N–H and O–H groups in total. The molecule has 2 amide bonds. The van der Waals surface area contributed by atoms with Crippen LogP contribution in [0.3, 0.4) is 0 Å². The van der Waals surface area contributed by atoms with E-state index in [1.54, 1.807) is 13.8 Å². The summed E-state index contributed by atoms with van der Waals surface area (Å²) in [4.78, 5) is 27.6. The zero-order valence-electron chi connectivity index (χ0n) is 18.7. The molecule has 1 saturated carbocycles. The molecule has 0 radical (unpaired) electrons. The quantitative estimate of drug-likeness (QED) is 0.670. The number of hydrogen-bond donors (Lipinski definition) is 2. The molecule has 1 aromatic rings. The van der Waals surface area contributed by atoms with Crippen LogP contribution in [-0.2, 0) is 26.2 Å². The van der Waals surface area contributed by atoms with Gasteiger partial charge in [-0.1, -0.05) is 24.3 Å². The number of aryl methyl sites for hydroxylation is 1. The topological polar surface area (TPSA) is 84.7 Å². The number of benzene rings is 1. The van der Waals surface area contributed by atoms with E-state index in [0.717, 1.165) is 19.3 Å². The van der Waals surface area contributed by atoms with Gasteiger partial charge in [-0.25, -0.2) is 0 Å². The van der Waals surface area contributed by atoms with Crippen molar-refractivity contribution in [3.63, 3.8) is 0 Å². The minimum atomic E-state index is -1.03. The van der Waals surface area contributed by atoms with Crippen molar-refractivity contribution in [1.82, 2.24) is 10.2 Å². The molecule has 1 aliphatic heterocycles. The van der Waals surface area contributed by atoms with Gasteiger partial charge >= 0.3 is 0 Å². The molecule has 1 saturated heterocycles. The Morgan fingerprint density at radius 1 is 1.23 bits per heavy atom. The van der Waals surface area contributed by atoms with E-state index in [4.69, 9.17) is 10.5 Å². The average molecular weight is 450 g/mol. The van der Waals surface area contributed by atoms with E-state index in [-0.39, 0.29) is 36.2 Å². The number of fused-ring (bicyclic) bond motifs is 2. The third-order valence-corrected chi connectivity index (χ3v) is 7.02. The van der Waals surface area contributed by atoms with Crippen LogP contribution in [0, 0.1) is 5.92 Å². The van der Waals surface area contributed by atoms with Crippen LogP contribution in [0.5, 0.6) is 0 Å². The van der Waals surface area contributed by atoms with E-state index in [1.165, 1.54) is 30.4 Å². The fourth-order valence-corrected chi connectivity index (χ4v) is 4.82. The van der Waals surface area contributed by atoms with Crippen molar-refractivity contribution < 1.29 is 14.3 Å². The molecule has 1 aromatic carbocycles. The van der Waals surface area contributed by atoms with Gasteiger partial charge in [-0.2, -0.15) is 0 Å². The number of nitrogens with two attached hydrogens (primary N) is 1. The third kappa shape index (κ3) is 5.41. The van der Waals surface area contributed by atoms with E-state index in [9.17, 15) is 9.59 Å². The molecule has 2 aliphatic carbocycles. The predicted molar refractivity (Wildman–Crippen MR) is 123 cm³/mol. The number of piperidine rings is 1. The molecular formula is C24H36ClN3O3. The van der Waals surface area contributed by atoms with Crippen LogP contribution in [-0.4, -0.2) is 54.6 Å². The largest absolute Gasteiger partial charge is 0.378 e. The van der Waals surface area contributed by atoms with Crippen LogP contribution < -0.4 is 11.1 Å². The van der Waals surface area contributed by atoms with Gasteiger partial charge in [0.25, 0.3) is 0 Å². The number of hydrogen-bond acceptors (Lipinski definition) is 4. The van der Waals surface area contributed by atoms with Crippen LogP contribution in [0.1, 0.15) is 57.1 Å². The van der Waals surface area contributed by atoms with Crippen LogP contribution >= 0.6 is 12.4 Å². The van der Waals surface area contributed by atoms with E-state index in [0.29, 0.717) is 25.6 Å². The Kier molecular flexibility index (Phi) is 7.34. The van der Waals surface area contributed by atoms with Gasteiger partial charge < -0.3 is 20.7 Å². The van der Waals surface area contributed by atoms with Gasteiger partial charge in [-0.15, -0.1) is 12.4 Å². The van der Waals surface area contributed by atoms with Gasteiger partial charge in [0.2, 0.25) is 11.8 Å². The maximum atomic E-state index is 13.3. The van der Waals surface area contributed by atoms with Crippen molar-refractivity contribution in [3.05, 3.63) is 35.4 Å². The lowest BCUT2D eigenvalue weighted by Crippen LogP contribution is -2.59. The molecule has 1 unspecified atom stereocenters. The van der Waals surface area contributed by atoms with E-state index in [2.05, 4.69) is 29.6 Å². The van der Waals surface area contributed by atoms with Gasteiger partial charge in [0.15, 0.2) is 0 Å². The zero-order valence-corrected chi connectivity index (χ0v) is 19.5. The second kappa shape index (κ2) is 9.47. The van der Waals surface area contributed by atoms with Crippen molar-refractivity contribution in [2.75, 3.05) is 26.3 Å². The number of carbonyl (C=O) groups excluding carboxylic acids is 2. The maximum Gasteiger partial charge on any atom is 0.247 e. The molecule has 1 atom stereocenters. The molecule has 172 valence electrons. The smallest absolute Gasteiger partial charge is 0.247 e. The molecule has 4 rings (SSSR count). The number of carbonyl (C=O) groups is 2. The average Bonchev–Trinajstić information content (AvgIpc) is 3.49. The maximum absolute atomic E-state index is 13.3. The van der Waals surface area contributed by atoms with Crippen LogP contribution in [0.25, 0.3) is 0 Å². The summed E-state index contributed by atoms with van der Waals surface area (Å²) < 4.78 is 5.78. The summed E-state index contributed by atoms with van der Waals surface area (Å²) in [6.45, 7) is 5.60. The SMILES string of the molecule is CC(C)(N)C(=O)NC(COCC1CC1)C(=O)N1CCC2(CCc3ccccc32)CC1.Cl. The fourth-order valence-electron chi connectivity index (χ4n) is 4.82. The Morgan fingerprint density at radius 3 is 2.55 bits per heavy atom. The Hall–Kier alpha value is -1.63. The van der Waals surface area contributed by atoms with Gasteiger partial charge in [-0.3, -0.25) is 9.59 Å². The van der Waals surface area contributed by atoms with Crippen molar-refractivity contribution in [3.8, 4) is 0 Å². The highest BCUT2D eigenvalue weighted by molar-refractivity contribution is 5.91. The van der Waals surface area contributed by atoms with Crippen molar-refractivity contribution in [2.45, 2.75) is 69.4 Å². The summed E-state index contributed by atoms with van der Waals surface area (Å²) in [6, 6.07) is 8.06. The Bertz CT molecular complexity index is 796. The van der Waals surface area contributed by atoms with Crippen LogP contribution in [0.2, 0.25) is 0 Å². The van der Waals surface area contributed by atoms with Gasteiger partial charge in [0.05, 0.1) is 12.1 Å². The van der Waals surface area contributed by atoms with Crippen molar-refractivity contribution in [2.24, 2.45) is 11.7 Å². The summed E-state index contributed by atoms with van der Waals surface area (Å²) >= 11 is 0. The number of rotatable bonds is 7. The van der Waals surface area contributed by atoms with E-state index in [1.807, 2.05) is 4.90 Å². The van der Waals surface area contributed by atoms with Crippen LogP contribution in [0.4, 0.5) is 0 Å². The van der Waals surface area contributed by atoms with Gasteiger partial charge in [-0.05, 0) is 74.8 Å². The minimum Gasteiger partial charge on any atom is -0.378 e.